The van der Waals surface area contributed by atoms with Crippen LogP contribution in [0.4, 0.5) is 19.1 Å². The maximum absolute atomic E-state index is 14.3. The standard InChI is InChI=1S/C18H15F3N4/c19-10-4-5-12-15(8-10)24-18(23-11-6-7-22-9-11)25-17(12)16-13(20)2-1-3-14(16)21/h1-5,8,11,22H,6-7,9H2,(H,23,24,25)/t11-/m0/s1. The number of hydrogen-bond donors (Lipinski definition) is 2. The minimum Gasteiger partial charge on any atom is -0.350 e. The Labute approximate surface area is 142 Å². The molecule has 1 aromatic heterocycles. The Morgan fingerprint density at radius 3 is 2.56 bits per heavy atom. The van der Waals surface area contributed by atoms with E-state index in [4.69, 9.17) is 0 Å². The molecule has 4 nitrogen and oxygen atoms in total. The van der Waals surface area contributed by atoms with E-state index in [0.29, 0.717) is 10.9 Å². The van der Waals surface area contributed by atoms with Crippen molar-refractivity contribution in [3.05, 3.63) is 53.8 Å². The molecule has 1 saturated heterocycles. The molecule has 2 aromatic carbocycles. The molecule has 25 heavy (non-hydrogen) atoms. The zero-order chi connectivity index (χ0) is 17.4. The number of nitrogens with one attached hydrogen (secondary N) is 2. The Morgan fingerprint density at radius 1 is 1.04 bits per heavy atom. The molecule has 2 heterocycles. The average molecular weight is 344 g/mol. The Hall–Kier alpha value is -2.67. The van der Waals surface area contributed by atoms with Crippen molar-refractivity contribution in [2.24, 2.45) is 0 Å². The summed E-state index contributed by atoms with van der Waals surface area (Å²) in [4.78, 5) is 8.64. The first-order valence-corrected chi connectivity index (χ1v) is 8.01. The lowest BCUT2D eigenvalue weighted by molar-refractivity contribution is 0.589. The van der Waals surface area contributed by atoms with Crippen molar-refractivity contribution in [2.45, 2.75) is 12.5 Å². The Bertz CT molecular complexity index is 919. The normalized spacial score (nSPS) is 17.2. The van der Waals surface area contributed by atoms with E-state index in [1.807, 2.05) is 0 Å². The smallest absolute Gasteiger partial charge is 0.224 e. The van der Waals surface area contributed by atoms with E-state index < -0.39 is 17.5 Å². The van der Waals surface area contributed by atoms with Gasteiger partial charge in [-0.15, -0.1) is 0 Å². The van der Waals surface area contributed by atoms with Crippen LogP contribution in [0.5, 0.6) is 0 Å². The largest absolute Gasteiger partial charge is 0.350 e. The van der Waals surface area contributed by atoms with Gasteiger partial charge in [0.2, 0.25) is 5.95 Å². The molecular weight excluding hydrogens is 329 g/mol. The number of benzene rings is 2. The van der Waals surface area contributed by atoms with Gasteiger partial charge in [-0.3, -0.25) is 0 Å². The topological polar surface area (TPSA) is 49.8 Å². The number of halogens is 3. The summed E-state index contributed by atoms with van der Waals surface area (Å²) in [5.74, 6) is -1.69. The molecule has 0 spiro atoms. The van der Waals surface area contributed by atoms with Gasteiger partial charge in [0.1, 0.15) is 17.5 Å². The summed E-state index contributed by atoms with van der Waals surface area (Å²) >= 11 is 0. The van der Waals surface area contributed by atoms with Gasteiger partial charge in [0, 0.05) is 24.0 Å². The van der Waals surface area contributed by atoms with Crippen LogP contribution < -0.4 is 10.6 Å². The van der Waals surface area contributed by atoms with Crippen molar-refractivity contribution in [2.75, 3.05) is 18.4 Å². The van der Waals surface area contributed by atoms with Crippen LogP contribution in [0.3, 0.4) is 0 Å². The molecule has 1 fully saturated rings. The second-order valence-corrected chi connectivity index (χ2v) is 5.99. The molecule has 0 aliphatic carbocycles. The SMILES string of the molecule is Fc1ccc2c(-c3c(F)cccc3F)nc(N[C@H]3CCNC3)nc2c1. The van der Waals surface area contributed by atoms with E-state index >= 15 is 0 Å². The van der Waals surface area contributed by atoms with E-state index in [-0.39, 0.29) is 23.2 Å². The number of hydrogen-bond acceptors (Lipinski definition) is 4. The van der Waals surface area contributed by atoms with Crippen molar-refractivity contribution in [1.82, 2.24) is 15.3 Å². The van der Waals surface area contributed by atoms with Crippen molar-refractivity contribution in [1.29, 1.82) is 0 Å². The van der Waals surface area contributed by atoms with Gasteiger partial charge in [-0.25, -0.2) is 23.1 Å². The highest BCUT2D eigenvalue weighted by Crippen LogP contribution is 2.31. The molecule has 1 aliphatic heterocycles. The highest BCUT2D eigenvalue weighted by atomic mass is 19.1. The first-order chi connectivity index (χ1) is 12.1. The highest BCUT2D eigenvalue weighted by molar-refractivity contribution is 5.93. The Kier molecular flexibility index (Phi) is 4.01. The summed E-state index contributed by atoms with van der Waals surface area (Å²) in [6.45, 7) is 1.61. The number of aromatic nitrogens is 2. The van der Waals surface area contributed by atoms with Gasteiger partial charge in [0.05, 0.1) is 16.8 Å². The zero-order valence-corrected chi connectivity index (χ0v) is 13.2. The second kappa shape index (κ2) is 6.33. The molecule has 0 unspecified atom stereocenters. The van der Waals surface area contributed by atoms with E-state index in [9.17, 15) is 13.2 Å². The summed E-state index contributed by atoms with van der Waals surface area (Å²) in [7, 11) is 0. The molecule has 0 radical (unpaired) electrons. The number of rotatable bonds is 3. The fraction of sp³-hybridized carbons (Fsp3) is 0.222. The Morgan fingerprint density at radius 2 is 1.84 bits per heavy atom. The van der Waals surface area contributed by atoms with Gasteiger partial charge in [0.25, 0.3) is 0 Å². The third-order valence-corrected chi connectivity index (χ3v) is 4.25. The van der Waals surface area contributed by atoms with Crippen LogP contribution in [0.25, 0.3) is 22.2 Å². The van der Waals surface area contributed by atoms with Crippen molar-refractivity contribution in [3.63, 3.8) is 0 Å². The van der Waals surface area contributed by atoms with Crippen LogP contribution in [-0.4, -0.2) is 29.1 Å². The maximum atomic E-state index is 14.3. The fourth-order valence-electron chi connectivity index (χ4n) is 3.04. The minimum absolute atomic E-state index is 0.106. The molecule has 0 bridgehead atoms. The first-order valence-electron chi connectivity index (χ1n) is 8.01. The third-order valence-electron chi connectivity index (χ3n) is 4.25. The summed E-state index contributed by atoms with van der Waals surface area (Å²) < 4.78 is 42.2. The lowest BCUT2D eigenvalue weighted by atomic mass is 10.1. The molecular formula is C18H15F3N4. The van der Waals surface area contributed by atoms with Gasteiger partial charge in [-0.2, -0.15) is 0 Å². The molecule has 3 aromatic rings. The van der Waals surface area contributed by atoms with Crippen LogP contribution in [-0.2, 0) is 0 Å². The minimum atomic E-state index is -0.724. The maximum Gasteiger partial charge on any atom is 0.224 e. The molecule has 0 amide bonds. The molecule has 128 valence electrons. The lowest BCUT2D eigenvalue weighted by Gasteiger charge is -2.14. The van der Waals surface area contributed by atoms with Gasteiger partial charge in [0.15, 0.2) is 0 Å². The van der Waals surface area contributed by atoms with Crippen molar-refractivity contribution in [3.8, 4) is 11.3 Å². The van der Waals surface area contributed by atoms with Crippen molar-refractivity contribution >= 4 is 16.9 Å². The average Bonchev–Trinajstić information content (AvgIpc) is 3.07. The quantitative estimate of drug-likeness (QED) is 0.764. The summed E-state index contributed by atoms with van der Waals surface area (Å²) in [5, 5.41) is 6.74. The van der Waals surface area contributed by atoms with Crippen LogP contribution >= 0.6 is 0 Å². The fourth-order valence-corrected chi connectivity index (χ4v) is 3.04. The van der Waals surface area contributed by atoms with E-state index in [0.717, 1.165) is 19.5 Å². The predicted octanol–water partition coefficient (Wildman–Crippen LogP) is 3.49. The monoisotopic (exact) mass is 344 g/mol. The first kappa shape index (κ1) is 15.8. The van der Waals surface area contributed by atoms with Gasteiger partial charge in [-0.1, -0.05) is 6.07 Å². The number of fused-ring (bicyclic) bond motifs is 1. The molecule has 7 heteroatoms. The molecule has 2 N–H and O–H groups in total. The van der Waals surface area contributed by atoms with Crippen LogP contribution in [0.15, 0.2) is 36.4 Å². The van der Waals surface area contributed by atoms with Crippen LogP contribution in [0, 0.1) is 17.5 Å². The van der Waals surface area contributed by atoms with Crippen LogP contribution in [0.1, 0.15) is 6.42 Å². The summed E-state index contributed by atoms with van der Waals surface area (Å²) in [6, 6.07) is 7.64. The number of anilines is 1. The zero-order valence-electron chi connectivity index (χ0n) is 13.2. The van der Waals surface area contributed by atoms with Gasteiger partial charge >= 0.3 is 0 Å². The molecule has 0 saturated carbocycles. The van der Waals surface area contributed by atoms with E-state index in [1.54, 1.807) is 0 Å². The molecule has 4 rings (SSSR count). The molecule has 1 aliphatic rings. The van der Waals surface area contributed by atoms with Crippen molar-refractivity contribution < 1.29 is 13.2 Å². The lowest BCUT2D eigenvalue weighted by Crippen LogP contribution is -2.23. The van der Waals surface area contributed by atoms with E-state index in [1.165, 1.54) is 36.4 Å². The van der Waals surface area contributed by atoms with Crippen LogP contribution in [0.2, 0.25) is 0 Å². The van der Waals surface area contributed by atoms with Gasteiger partial charge < -0.3 is 10.6 Å². The van der Waals surface area contributed by atoms with E-state index in [2.05, 4.69) is 20.6 Å². The summed E-state index contributed by atoms with van der Waals surface area (Å²) in [5.41, 5.74) is 0.157. The van der Waals surface area contributed by atoms with Gasteiger partial charge in [-0.05, 0) is 37.2 Å². The number of nitrogens with zero attached hydrogens (tertiary/aromatic N) is 2. The Balaban J connectivity index is 1.91. The predicted molar refractivity (Wildman–Crippen MR) is 89.7 cm³/mol. The summed E-state index contributed by atoms with van der Waals surface area (Å²) in [6.07, 6.45) is 0.883. The second-order valence-electron chi connectivity index (χ2n) is 5.99. The highest BCUT2D eigenvalue weighted by Gasteiger charge is 2.20. The third kappa shape index (κ3) is 3.02. The molecule has 1 atom stereocenters.